The van der Waals surface area contributed by atoms with Gasteiger partial charge in [0.25, 0.3) is 0 Å². The van der Waals surface area contributed by atoms with Gasteiger partial charge in [-0.2, -0.15) is 0 Å². The molecule has 0 fully saturated rings. The van der Waals surface area contributed by atoms with Crippen LogP contribution in [0.4, 0.5) is 0 Å². The molecule has 0 spiro atoms. The normalized spacial score (nSPS) is 10.1. The summed E-state index contributed by atoms with van der Waals surface area (Å²) in [6.07, 6.45) is 0. The number of hydrogen-bond donors (Lipinski definition) is 0. The van der Waals surface area contributed by atoms with Gasteiger partial charge in [0.2, 0.25) is 0 Å². The quantitative estimate of drug-likeness (QED) is 0.438. The molecule has 0 N–H and O–H groups in total. The maximum atomic E-state index is 11.0. The van der Waals surface area contributed by atoms with Crippen molar-refractivity contribution in [1.29, 1.82) is 0 Å². The highest BCUT2D eigenvalue weighted by Gasteiger charge is 2.08. The van der Waals surface area contributed by atoms with Gasteiger partial charge in [-0.05, 0) is 60.7 Å². The minimum absolute atomic E-state index is 0.382. The Morgan fingerprint density at radius 1 is 0.536 bits per heavy atom. The summed E-state index contributed by atoms with van der Waals surface area (Å²) in [7, 11) is 0. The topological polar surface area (TPSA) is 71.1 Å². The van der Waals surface area contributed by atoms with E-state index in [9.17, 15) is 9.59 Å². The van der Waals surface area contributed by atoms with E-state index in [1.165, 1.54) is 13.8 Å². The first kappa shape index (κ1) is 19.0. The highest BCUT2D eigenvalue weighted by atomic mass is 16.5. The molecule has 0 radical (unpaired) electrons. The van der Waals surface area contributed by atoms with Crippen molar-refractivity contribution in [2.75, 3.05) is 0 Å². The molecular weight excluding hydrogens is 360 g/mol. The molecule has 0 bridgehead atoms. The Hall–Kier alpha value is -3.80. The first-order valence-electron chi connectivity index (χ1n) is 8.51. The molecule has 0 heterocycles. The fourth-order valence-corrected chi connectivity index (χ4v) is 2.36. The van der Waals surface area contributed by atoms with Crippen LogP contribution in [0.1, 0.15) is 13.8 Å². The van der Waals surface area contributed by atoms with Crippen molar-refractivity contribution in [2.24, 2.45) is 0 Å². The Bertz CT molecular complexity index is 881. The first-order valence-corrected chi connectivity index (χ1v) is 8.51. The van der Waals surface area contributed by atoms with Gasteiger partial charge in [-0.3, -0.25) is 9.59 Å². The van der Waals surface area contributed by atoms with Gasteiger partial charge in [-0.1, -0.05) is 12.1 Å². The molecule has 0 aliphatic heterocycles. The lowest BCUT2D eigenvalue weighted by atomic mass is 10.3. The van der Waals surface area contributed by atoms with E-state index in [-0.39, 0.29) is 11.9 Å². The summed E-state index contributed by atoms with van der Waals surface area (Å²) < 4.78 is 21.8. The van der Waals surface area contributed by atoms with Crippen LogP contribution in [0.25, 0.3) is 0 Å². The standard InChI is InChI=1S/C22H18O6/c1-15(23)25-17-7-11-19(12-8-17)27-21-5-3-4-6-22(21)28-20-13-9-18(10-14-20)26-16(2)24/h3-14H,1-2H3. The van der Waals surface area contributed by atoms with Crippen LogP contribution >= 0.6 is 0 Å². The zero-order valence-corrected chi connectivity index (χ0v) is 15.4. The number of ether oxygens (including phenoxy) is 4. The predicted molar refractivity (Wildman–Crippen MR) is 102 cm³/mol. The number of esters is 2. The van der Waals surface area contributed by atoms with Gasteiger partial charge in [0.15, 0.2) is 11.5 Å². The van der Waals surface area contributed by atoms with Gasteiger partial charge < -0.3 is 18.9 Å². The van der Waals surface area contributed by atoms with Gasteiger partial charge in [0, 0.05) is 13.8 Å². The second-order valence-corrected chi connectivity index (χ2v) is 5.78. The predicted octanol–water partition coefficient (Wildman–Crippen LogP) is 5.12. The second kappa shape index (κ2) is 8.73. The van der Waals surface area contributed by atoms with Crippen LogP contribution in [0, 0.1) is 0 Å². The minimum atomic E-state index is -0.382. The van der Waals surface area contributed by atoms with Gasteiger partial charge >= 0.3 is 11.9 Å². The van der Waals surface area contributed by atoms with E-state index in [1.54, 1.807) is 60.7 Å². The fraction of sp³-hybridized carbons (Fsp3) is 0.0909. The molecular formula is C22H18O6. The maximum absolute atomic E-state index is 11.0. The fourth-order valence-electron chi connectivity index (χ4n) is 2.36. The zero-order valence-electron chi connectivity index (χ0n) is 15.4. The summed E-state index contributed by atoms with van der Waals surface area (Å²) in [5, 5.41) is 0. The van der Waals surface area contributed by atoms with Gasteiger partial charge in [-0.15, -0.1) is 0 Å². The third-order valence-electron chi connectivity index (χ3n) is 3.48. The number of hydrogen-bond acceptors (Lipinski definition) is 6. The first-order chi connectivity index (χ1) is 13.5. The smallest absolute Gasteiger partial charge is 0.308 e. The van der Waals surface area contributed by atoms with Crippen molar-refractivity contribution in [3.63, 3.8) is 0 Å². The lowest BCUT2D eigenvalue weighted by Crippen LogP contribution is -2.01. The van der Waals surface area contributed by atoms with E-state index in [4.69, 9.17) is 18.9 Å². The van der Waals surface area contributed by atoms with Crippen molar-refractivity contribution in [3.05, 3.63) is 72.8 Å². The number of carbonyl (C=O) groups is 2. The van der Waals surface area contributed by atoms with Crippen LogP contribution in [0.5, 0.6) is 34.5 Å². The molecule has 3 aromatic rings. The van der Waals surface area contributed by atoms with Crippen LogP contribution in [0.3, 0.4) is 0 Å². The molecule has 0 saturated carbocycles. The highest BCUT2D eigenvalue weighted by Crippen LogP contribution is 2.35. The average Bonchev–Trinajstić information content (AvgIpc) is 2.66. The van der Waals surface area contributed by atoms with Gasteiger partial charge in [0.1, 0.15) is 23.0 Å². The molecule has 0 amide bonds. The van der Waals surface area contributed by atoms with E-state index < -0.39 is 0 Å². The molecule has 3 aromatic carbocycles. The zero-order chi connectivity index (χ0) is 19.9. The van der Waals surface area contributed by atoms with E-state index in [1.807, 2.05) is 12.1 Å². The number of benzene rings is 3. The summed E-state index contributed by atoms with van der Waals surface area (Å²) in [5.74, 6) is 2.29. The molecule has 142 valence electrons. The monoisotopic (exact) mass is 378 g/mol. The summed E-state index contributed by atoms with van der Waals surface area (Å²) in [4.78, 5) is 22.0. The molecule has 3 rings (SSSR count). The minimum Gasteiger partial charge on any atom is -0.453 e. The SMILES string of the molecule is CC(=O)Oc1ccc(Oc2ccccc2Oc2ccc(OC(C)=O)cc2)cc1. The molecule has 0 unspecified atom stereocenters. The Morgan fingerprint density at radius 2 is 0.857 bits per heavy atom. The maximum Gasteiger partial charge on any atom is 0.308 e. The number of rotatable bonds is 6. The second-order valence-electron chi connectivity index (χ2n) is 5.78. The van der Waals surface area contributed by atoms with Crippen LogP contribution in [-0.4, -0.2) is 11.9 Å². The Morgan fingerprint density at radius 3 is 1.18 bits per heavy atom. The van der Waals surface area contributed by atoms with Crippen LogP contribution in [0.15, 0.2) is 72.8 Å². The van der Waals surface area contributed by atoms with Crippen molar-refractivity contribution in [3.8, 4) is 34.5 Å². The van der Waals surface area contributed by atoms with E-state index in [0.717, 1.165) is 0 Å². The largest absolute Gasteiger partial charge is 0.453 e. The Labute approximate surface area is 162 Å². The van der Waals surface area contributed by atoms with Crippen LogP contribution in [0.2, 0.25) is 0 Å². The number of carbonyl (C=O) groups excluding carboxylic acids is 2. The molecule has 0 aromatic heterocycles. The molecule has 6 heteroatoms. The highest BCUT2D eigenvalue weighted by molar-refractivity contribution is 5.69. The third kappa shape index (κ3) is 5.35. The lowest BCUT2D eigenvalue weighted by molar-refractivity contribution is -0.132. The molecule has 0 atom stereocenters. The van der Waals surface area contributed by atoms with Crippen LogP contribution < -0.4 is 18.9 Å². The Balaban J connectivity index is 1.72. The van der Waals surface area contributed by atoms with E-state index >= 15 is 0 Å². The summed E-state index contributed by atoms with van der Waals surface area (Å²) >= 11 is 0. The summed E-state index contributed by atoms with van der Waals surface area (Å²) in [6, 6.07) is 20.6. The van der Waals surface area contributed by atoms with Gasteiger partial charge in [-0.25, -0.2) is 0 Å². The molecule has 0 saturated heterocycles. The molecule has 0 aliphatic carbocycles. The van der Waals surface area contributed by atoms with Crippen molar-refractivity contribution >= 4 is 11.9 Å². The van der Waals surface area contributed by atoms with Crippen molar-refractivity contribution in [2.45, 2.75) is 13.8 Å². The van der Waals surface area contributed by atoms with Crippen LogP contribution in [-0.2, 0) is 9.59 Å². The summed E-state index contributed by atoms with van der Waals surface area (Å²) in [5.41, 5.74) is 0. The van der Waals surface area contributed by atoms with Crippen molar-refractivity contribution < 1.29 is 28.5 Å². The van der Waals surface area contributed by atoms with E-state index in [0.29, 0.717) is 34.5 Å². The average molecular weight is 378 g/mol. The number of para-hydroxylation sites is 2. The van der Waals surface area contributed by atoms with E-state index in [2.05, 4.69) is 0 Å². The molecule has 28 heavy (non-hydrogen) atoms. The third-order valence-corrected chi connectivity index (χ3v) is 3.48. The Kier molecular flexibility index (Phi) is 5.91. The molecule has 0 aliphatic rings. The lowest BCUT2D eigenvalue weighted by Gasteiger charge is -2.12. The van der Waals surface area contributed by atoms with Crippen molar-refractivity contribution in [1.82, 2.24) is 0 Å². The molecule has 6 nitrogen and oxygen atoms in total. The summed E-state index contributed by atoms with van der Waals surface area (Å²) in [6.45, 7) is 2.69. The van der Waals surface area contributed by atoms with Gasteiger partial charge in [0.05, 0.1) is 0 Å².